The van der Waals surface area contributed by atoms with Crippen LogP contribution in [0.1, 0.15) is 19.3 Å². The summed E-state index contributed by atoms with van der Waals surface area (Å²) in [7, 11) is 0. The van der Waals surface area contributed by atoms with Gasteiger partial charge in [-0.3, -0.25) is 4.79 Å². The van der Waals surface area contributed by atoms with E-state index in [0.717, 1.165) is 25.0 Å². The van der Waals surface area contributed by atoms with Gasteiger partial charge in [-0.25, -0.2) is 8.78 Å². The van der Waals surface area contributed by atoms with Gasteiger partial charge < -0.3 is 10.6 Å². The Hall–Kier alpha value is -1.17. The van der Waals surface area contributed by atoms with Crippen LogP contribution in [0.3, 0.4) is 0 Å². The van der Waals surface area contributed by atoms with Gasteiger partial charge in [-0.05, 0) is 34.8 Å². The smallest absolute Gasteiger partial charge is 0.221 e. The van der Waals surface area contributed by atoms with Crippen LogP contribution in [-0.4, -0.2) is 18.5 Å². The summed E-state index contributed by atoms with van der Waals surface area (Å²) in [6, 6.07) is 2.44. The molecule has 1 aliphatic rings. The maximum absolute atomic E-state index is 13.4. The molecule has 6 heteroatoms. The zero-order valence-electron chi connectivity index (χ0n) is 9.60. The van der Waals surface area contributed by atoms with Gasteiger partial charge in [-0.1, -0.05) is 0 Å². The maximum Gasteiger partial charge on any atom is 0.221 e. The van der Waals surface area contributed by atoms with Crippen molar-refractivity contribution in [1.29, 1.82) is 0 Å². The molecule has 0 spiro atoms. The van der Waals surface area contributed by atoms with Gasteiger partial charge in [0.05, 0.1) is 10.2 Å². The molecule has 1 fully saturated rings. The summed E-state index contributed by atoms with van der Waals surface area (Å²) in [4.78, 5) is 11.4. The minimum absolute atomic E-state index is 0.0647. The predicted molar refractivity (Wildman–Crippen MR) is 68.3 cm³/mol. The second kappa shape index (κ2) is 5.65. The van der Waals surface area contributed by atoms with Gasteiger partial charge in [0.15, 0.2) is 0 Å². The number of carbonyl (C=O) groups excluding carboxylic acids is 1. The number of anilines is 1. The van der Waals surface area contributed by atoms with Crippen molar-refractivity contribution in [2.45, 2.75) is 25.3 Å². The summed E-state index contributed by atoms with van der Waals surface area (Å²) in [5.74, 6) is -1.16. The Morgan fingerprint density at radius 2 is 2.06 bits per heavy atom. The highest BCUT2D eigenvalue weighted by Gasteiger charge is 2.22. The molecule has 0 bridgehead atoms. The van der Waals surface area contributed by atoms with Gasteiger partial charge in [-0.15, -0.1) is 0 Å². The molecule has 0 atom stereocenters. The van der Waals surface area contributed by atoms with Gasteiger partial charge in [0.1, 0.15) is 11.6 Å². The van der Waals surface area contributed by atoms with Crippen LogP contribution in [0, 0.1) is 11.6 Å². The zero-order valence-corrected chi connectivity index (χ0v) is 11.2. The lowest BCUT2D eigenvalue weighted by molar-refractivity contribution is -0.120. The Morgan fingerprint density at radius 1 is 1.33 bits per heavy atom. The molecule has 1 saturated carbocycles. The Bertz CT molecular complexity index is 464. The fraction of sp³-hybridized carbons (Fsp3) is 0.417. The Kier molecular flexibility index (Phi) is 4.16. The molecule has 0 radical (unpaired) electrons. The molecule has 1 aromatic carbocycles. The van der Waals surface area contributed by atoms with Gasteiger partial charge in [0, 0.05) is 25.1 Å². The SMILES string of the molecule is O=C(CCNc1cc(F)c(Br)cc1F)NC1CC1. The van der Waals surface area contributed by atoms with Crippen molar-refractivity contribution in [2.24, 2.45) is 0 Å². The van der Waals surface area contributed by atoms with Gasteiger partial charge in [0.2, 0.25) is 5.91 Å². The van der Waals surface area contributed by atoms with E-state index in [1.807, 2.05) is 0 Å². The summed E-state index contributed by atoms with van der Waals surface area (Å²) >= 11 is 2.90. The molecule has 1 aromatic rings. The van der Waals surface area contributed by atoms with Crippen molar-refractivity contribution >= 4 is 27.5 Å². The van der Waals surface area contributed by atoms with E-state index in [9.17, 15) is 13.6 Å². The number of hydrogen-bond acceptors (Lipinski definition) is 2. The number of halogens is 3. The first kappa shape index (κ1) is 13.3. The Labute approximate surface area is 112 Å². The van der Waals surface area contributed by atoms with E-state index in [2.05, 4.69) is 26.6 Å². The molecular formula is C12H13BrF2N2O. The van der Waals surface area contributed by atoms with Crippen molar-refractivity contribution in [3.63, 3.8) is 0 Å². The number of hydrogen-bond donors (Lipinski definition) is 2. The van der Waals surface area contributed by atoms with Crippen LogP contribution in [0.2, 0.25) is 0 Å². The predicted octanol–water partition coefficient (Wildman–Crippen LogP) is 2.81. The van der Waals surface area contributed by atoms with Crippen molar-refractivity contribution < 1.29 is 13.6 Å². The third-order valence-electron chi connectivity index (χ3n) is 2.62. The van der Waals surface area contributed by atoms with Crippen molar-refractivity contribution in [3.05, 3.63) is 28.2 Å². The van der Waals surface area contributed by atoms with E-state index in [4.69, 9.17) is 0 Å². The standard InChI is InChI=1S/C12H13BrF2N2O/c13-8-5-10(15)11(6-9(8)14)16-4-3-12(18)17-7-1-2-7/h5-7,16H,1-4H2,(H,17,18). The molecular weight excluding hydrogens is 306 g/mol. The normalized spacial score (nSPS) is 14.4. The average molecular weight is 319 g/mol. The Morgan fingerprint density at radius 3 is 2.72 bits per heavy atom. The fourth-order valence-electron chi connectivity index (χ4n) is 1.50. The summed E-state index contributed by atoms with van der Waals surface area (Å²) < 4.78 is 26.7. The number of amides is 1. The molecule has 2 N–H and O–H groups in total. The van der Waals surface area contributed by atoms with Crippen LogP contribution in [0.25, 0.3) is 0 Å². The lowest BCUT2D eigenvalue weighted by Gasteiger charge is -2.08. The van der Waals surface area contributed by atoms with Crippen molar-refractivity contribution in [2.75, 3.05) is 11.9 Å². The highest BCUT2D eigenvalue weighted by Crippen LogP contribution is 2.23. The average Bonchev–Trinajstić information content (AvgIpc) is 3.09. The lowest BCUT2D eigenvalue weighted by Crippen LogP contribution is -2.27. The van der Waals surface area contributed by atoms with E-state index < -0.39 is 11.6 Å². The summed E-state index contributed by atoms with van der Waals surface area (Å²) in [6.07, 6.45) is 2.31. The monoisotopic (exact) mass is 318 g/mol. The molecule has 2 rings (SSSR count). The van der Waals surface area contributed by atoms with Crippen LogP contribution in [0.15, 0.2) is 16.6 Å². The summed E-state index contributed by atoms with van der Waals surface area (Å²) in [5.41, 5.74) is 0.0647. The van der Waals surface area contributed by atoms with Crippen LogP contribution in [0.4, 0.5) is 14.5 Å². The van der Waals surface area contributed by atoms with E-state index in [-0.39, 0.29) is 29.0 Å². The molecule has 0 unspecified atom stereocenters. The molecule has 0 aliphatic heterocycles. The third kappa shape index (κ3) is 3.66. The van der Waals surface area contributed by atoms with Crippen molar-refractivity contribution in [1.82, 2.24) is 5.32 Å². The quantitative estimate of drug-likeness (QED) is 0.820. The van der Waals surface area contributed by atoms with Crippen LogP contribution in [0.5, 0.6) is 0 Å². The molecule has 0 heterocycles. The molecule has 1 amide bonds. The largest absolute Gasteiger partial charge is 0.382 e. The van der Waals surface area contributed by atoms with Crippen molar-refractivity contribution in [3.8, 4) is 0 Å². The zero-order chi connectivity index (χ0) is 13.1. The molecule has 3 nitrogen and oxygen atoms in total. The number of nitrogens with one attached hydrogen (secondary N) is 2. The lowest BCUT2D eigenvalue weighted by atomic mass is 10.3. The van der Waals surface area contributed by atoms with Gasteiger partial charge in [0.25, 0.3) is 0 Å². The maximum atomic E-state index is 13.4. The number of carbonyl (C=O) groups is 1. The second-order valence-corrected chi connectivity index (χ2v) is 5.12. The van der Waals surface area contributed by atoms with E-state index >= 15 is 0 Å². The topological polar surface area (TPSA) is 41.1 Å². The van der Waals surface area contributed by atoms with Crippen LogP contribution in [-0.2, 0) is 4.79 Å². The second-order valence-electron chi connectivity index (χ2n) is 4.26. The first-order chi connectivity index (χ1) is 8.56. The molecule has 0 saturated heterocycles. The summed E-state index contributed by atoms with van der Waals surface area (Å²) in [5, 5.41) is 5.53. The van der Waals surface area contributed by atoms with Crippen LogP contribution < -0.4 is 10.6 Å². The van der Waals surface area contributed by atoms with Gasteiger partial charge >= 0.3 is 0 Å². The van der Waals surface area contributed by atoms with Crippen LogP contribution >= 0.6 is 15.9 Å². The molecule has 1 aliphatic carbocycles. The molecule has 0 aromatic heterocycles. The molecule has 98 valence electrons. The van der Waals surface area contributed by atoms with E-state index in [1.54, 1.807) is 0 Å². The first-order valence-corrected chi connectivity index (χ1v) is 6.53. The fourth-order valence-corrected chi connectivity index (χ4v) is 1.81. The Balaban J connectivity index is 1.82. The van der Waals surface area contributed by atoms with E-state index in [0.29, 0.717) is 6.04 Å². The van der Waals surface area contributed by atoms with E-state index in [1.165, 1.54) is 0 Å². The number of benzene rings is 1. The minimum atomic E-state index is -0.550. The summed E-state index contributed by atoms with van der Waals surface area (Å²) in [6.45, 7) is 0.274. The molecule has 18 heavy (non-hydrogen) atoms. The first-order valence-electron chi connectivity index (χ1n) is 5.74. The highest BCUT2D eigenvalue weighted by molar-refractivity contribution is 9.10. The minimum Gasteiger partial charge on any atom is -0.382 e. The number of rotatable bonds is 5. The third-order valence-corrected chi connectivity index (χ3v) is 3.23. The van der Waals surface area contributed by atoms with Gasteiger partial charge in [-0.2, -0.15) is 0 Å². The highest BCUT2D eigenvalue weighted by atomic mass is 79.9.